The number of nitrogens with one attached hydrogen (secondary N) is 1. The second kappa shape index (κ2) is 8.34. The Labute approximate surface area is 158 Å². The number of benzene rings is 1. The van der Waals surface area contributed by atoms with Gasteiger partial charge in [-0.25, -0.2) is 13.6 Å². The van der Waals surface area contributed by atoms with Crippen LogP contribution in [0.2, 0.25) is 0 Å². The van der Waals surface area contributed by atoms with Gasteiger partial charge in [0.1, 0.15) is 23.9 Å². The van der Waals surface area contributed by atoms with Crippen molar-refractivity contribution in [3.8, 4) is 0 Å². The zero-order valence-corrected chi connectivity index (χ0v) is 14.5. The molecule has 0 fully saturated rings. The summed E-state index contributed by atoms with van der Waals surface area (Å²) in [6.45, 7) is -0.644. The van der Waals surface area contributed by atoms with E-state index in [1.807, 2.05) is 0 Å². The first-order valence-corrected chi connectivity index (χ1v) is 8.25. The van der Waals surface area contributed by atoms with E-state index in [1.54, 1.807) is 12.1 Å². The number of aromatic carboxylic acids is 1. The van der Waals surface area contributed by atoms with Crippen LogP contribution in [0.25, 0.3) is 0 Å². The highest BCUT2D eigenvalue weighted by molar-refractivity contribution is 5.94. The Kier molecular flexibility index (Phi) is 5.69. The molecule has 3 rings (SSSR count). The number of carboxylic acid groups (broad SMARTS) is 1. The summed E-state index contributed by atoms with van der Waals surface area (Å²) in [5.74, 6) is -2.42. The largest absolute Gasteiger partial charge is 0.478 e. The summed E-state index contributed by atoms with van der Waals surface area (Å²) in [6, 6.07) is 10.4. The molecule has 142 valence electrons. The maximum Gasteiger partial charge on any atom is 0.337 e. The number of alkyl halides is 1. The van der Waals surface area contributed by atoms with Crippen LogP contribution < -0.4 is 5.32 Å². The molecule has 1 atom stereocenters. The van der Waals surface area contributed by atoms with Crippen molar-refractivity contribution in [2.45, 2.75) is 12.7 Å². The van der Waals surface area contributed by atoms with Gasteiger partial charge in [0.15, 0.2) is 0 Å². The summed E-state index contributed by atoms with van der Waals surface area (Å²) in [6.07, 6.45) is 2.46. The lowest BCUT2D eigenvalue weighted by Crippen LogP contribution is -2.31. The van der Waals surface area contributed by atoms with Crippen LogP contribution in [0.3, 0.4) is 0 Å². The molecular formula is C20H15F2N3O3. The highest BCUT2D eigenvalue weighted by Gasteiger charge is 2.23. The Balaban J connectivity index is 1.93. The molecule has 0 radical (unpaired) electrons. The number of carboxylic acids is 1. The second-order valence-corrected chi connectivity index (χ2v) is 5.89. The van der Waals surface area contributed by atoms with Crippen molar-refractivity contribution in [3.63, 3.8) is 0 Å². The maximum atomic E-state index is 14.3. The molecular weight excluding hydrogens is 368 g/mol. The minimum absolute atomic E-state index is 0.00833. The van der Waals surface area contributed by atoms with Crippen molar-refractivity contribution >= 4 is 11.9 Å². The molecule has 1 aromatic carbocycles. The van der Waals surface area contributed by atoms with Crippen LogP contribution in [0.15, 0.2) is 60.9 Å². The summed E-state index contributed by atoms with van der Waals surface area (Å²) in [4.78, 5) is 31.3. The number of nitrogens with zero attached hydrogens (tertiary/aromatic N) is 2. The van der Waals surface area contributed by atoms with Crippen LogP contribution in [0.1, 0.15) is 43.7 Å². The third kappa shape index (κ3) is 4.17. The molecule has 0 aliphatic rings. The average Bonchev–Trinajstić information content (AvgIpc) is 2.72. The molecule has 28 heavy (non-hydrogen) atoms. The number of pyridine rings is 2. The molecule has 0 aliphatic carbocycles. The van der Waals surface area contributed by atoms with Gasteiger partial charge in [0.25, 0.3) is 5.91 Å². The molecule has 0 spiro atoms. The first kappa shape index (κ1) is 19.1. The van der Waals surface area contributed by atoms with E-state index in [2.05, 4.69) is 15.3 Å². The fourth-order valence-electron chi connectivity index (χ4n) is 2.58. The first-order chi connectivity index (χ1) is 13.5. The van der Waals surface area contributed by atoms with E-state index in [0.717, 1.165) is 6.20 Å². The number of amides is 1. The van der Waals surface area contributed by atoms with Crippen molar-refractivity contribution in [2.24, 2.45) is 0 Å². The average molecular weight is 383 g/mol. The van der Waals surface area contributed by atoms with Crippen LogP contribution in [0, 0.1) is 5.82 Å². The van der Waals surface area contributed by atoms with E-state index in [0.29, 0.717) is 11.1 Å². The van der Waals surface area contributed by atoms with E-state index in [4.69, 9.17) is 5.11 Å². The van der Waals surface area contributed by atoms with Gasteiger partial charge >= 0.3 is 5.97 Å². The van der Waals surface area contributed by atoms with Crippen LogP contribution in [-0.4, -0.2) is 27.0 Å². The standard InChI is InChI=1S/C20H15F2N3O3/c21-10-12-3-5-13(6-4-12)17(18-15(22)2-1-9-23-18)25-19(26)16-8-7-14(11-24-16)20(27)28/h1-9,11,17H,10H2,(H,25,26)(H,27,28)/t17-/m0/s1. The van der Waals surface area contributed by atoms with Gasteiger partial charge in [-0.05, 0) is 35.4 Å². The lowest BCUT2D eigenvalue weighted by molar-refractivity contribution is 0.0695. The van der Waals surface area contributed by atoms with Gasteiger partial charge in [0.05, 0.1) is 11.6 Å². The normalized spacial score (nSPS) is 11.6. The molecule has 2 heterocycles. The summed E-state index contributed by atoms with van der Waals surface area (Å²) in [7, 11) is 0. The fourth-order valence-corrected chi connectivity index (χ4v) is 2.58. The molecule has 6 nitrogen and oxygen atoms in total. The Hall–Kier alpha value is -3.68. The number of carbonyl (C=O) groups is 2. The van der Waals surface area contributed by atoms with Crippen molar-refractivity contribution in [3.05, 3.63) is 94.8 Å². The van der Waals surface area contributed by atoms with E-state index in [-0.39, 0.29) is 17.0 Å². The second-order valence-electron chi connectivity index (χ2n) is 5.89. The van der Waals surface area contributed by atoms with Gasteiger partial charge in [-0.15, -0.1) is 0 Å². The van der Waals surface area contributed by atoms with Gasteiger partial charge in [-0.2, -0.15) is 0 Å². The molecule has 2 aromatic heterocycles. The van der Waals surface area contributed by atoms with Crippen molar-refractivity contribution in [2.75, 3.05) is 0 Å². The summed E-state index contributed by atoms with van der Waals surface area (Å²) >= 11 is 0. The van der Waals surface area contributed by atoms with Crippen LogP contribution in [0.5, 0.6) is 0 Å². The quantitative estimate of drug-likeness (QED) is 0.681. The smallest absolute Gasteiger partial charge is 0.337 e. The number of halogens is 2. The highest BCUT2D eigenvalue weighted by Crippen LogP contribution is 2.24. The predicted octanol–water partition coefficient (Wildman–Crippen LogP) is 3.30. The number of rotatable bonds is 6. The van der Waals surface area contributed by atoms with Gasteiger partial charge in [-0.1, -0.05) is 24.3 Å². The van der Waals surface area contributed by atoms with E-state index >= 15 is 0 Å². The molecule has 2 N–H and O–H groups in total. The predicted molar refractivity (Wildman–Crippen MR) is 96.0 cm³/mol. The Morgan fingerprint density at radius 2 is 1.82 bits per heavy atom. The first-order valence-electron chi connectivity index (χ1n) is 8.25. The number of carbonyl (C=O) groups excluding carboxylic acids is 1. The third-order valence-corrected chi connectivity index (χ3v) is 4.05. The zero-order valence-electron chi connectivity index (χ0n) is 14.5. The van der Waals surface area contributed by atoms with E-state index in [9.17, 15) is 18.4 Å². The number of hydrogen-bond donors (Lipinski definition) is 2. The number of hydrogen-bond acceptors (Lipinski definition) is 4. The maximum absolute atomic E-state index is 14.3. The van der Waals surface area contributed by atoms with Crippen molar-refractivity contribution < 1.29 is 23.5 Å². The number of aromatic nitrogens is 2. The highest BCUT2D eigenvalue weighted by atomic mass is 19.1. The minimum Gasteiger partial charge on any atom is -0.478 e. The molecule has 0 aliphatic heterocycles. The monoisotopic (exact) mass is 383 g/mol. The van der Waals surface area contributed by atoms with Gasteiger partial charge in [0.2, 0.25) is 0 Å². The minimum atomic E-state index is -1.17. The fraction of sp³-hybridized carbons (Fsp3) is 0.100. The van der Waals surface area contributed by atoms with Crippen molar-refractivity contribution in [1.82, 2.24) is 15.3 Å². The van der Waals surface area contributed by atoms with E-state index < -0.39 is 30.4 Å². The summed E-state index contributed by atoms with van der Waals surface area (Å²) < 4.78 is 27.1. The topological polar surface area (TPSA) is 92.2 Å². The molecule has 1 amide bonds. The van der Waals surface area contributed by atoms with Gasteiger partial charge in [-0.3, -0.25) is 14.8 Å². The molecule has 0 saturated heterocycles. The van der Waals surface area contributed by atoms with Crippen molar-refractivity contribution in [1.29, 1.82) is 0 Å². The summed E-state index contributed by atoms with van der Waals surface area (Å²) in [5.41, 5.74) is 0.843. The van der Waals surface area contributed by atoms with Gasteiger partial charge in [0, 0.05) is 12.4 Å². The molecule has 8 heteroatoms. The Bertz CT molecular complexity index is 992. The summed E-state index contributed by atoms with van der Waals surface area (Å²) in [5, 5.41) is 11.6. The lowest BCUT2D eigenvalue weighted by atomic mass is 10.0. The van der Waals surface area contributed by atoms with E-state index in [1.165, 1.54) is 42.6 Å². The van der Waals surface area contributed by atoms with Crippen LogP contribution in [-0.2, 0) is 6.67 Å². The Morgan fingerprint density at radius 1 is 1.07 bits per heavy atom. The zero-order chi connectivity index (χ0) is 20.1. The molecule has 0 bridgehead atoms. The van der Waals surface area contributed by atoms with Crippen LogP contribution >= 0.6 is 0 Å². The molecule has 0 saturated carbocycles. The van der Waals surface area contributed by atoms with Gasteiger partial charge < -0.3 is 10.4 Å². The van der Waals surface area contributed by atoms with Crippen LogP contribution in [0.4, 0.5) is 8.78 Å². The SMILES string of the molecule is O=C(O)c1ccc(C(=O)N[C@@H](c2ccc(CF)cc2)c2ncccc2F)nc1. The molecule has 0 unspecified atom stereocenters. The third-order valence-electron chi connectivity index (χ3n) is 4.05. The Morgan fingerprint density at radius 3 is 2.39 bits per heavy atom. The lowest BCUT2D eigenvalue weighted by Gasteiger charge is -2.19. The molecule has 3 aromatic rings.